The maximum atomic E-state index is 12.1. The highest BCUT2D eigenvalue weighted by Crippen LogP contribution is 2.17. The Balaban J connectivity index is 1.93. The van der Waals surface area contributed by atoms with Gasteiger partial charge in [0.05, 0.1) is 12.6 Å². The summed E-state index contributed by atoms with van der Waals surface area (Å²) >= 11 is 0. The Labute approximate surface area is 145 Å². The van der Waals surface area contributed by atoms with Crippen LogP contribution in [-0.4, -0.2) is 22.5 Å². The molecule has 1 aromatic carbocycles. The predicted octanol–water partition coefficient (Wildman–Crippen LogP) is 1.58. The quantitative estimate of drug-likeness (QED) is 0.708. The van der Waals surface area contributed by atoms with Gasteiger partial charge in [0.15, 0.2) is 0 Å². The molecule has 0 aliphatic carbocycles. The summed E-state index contributed by atoms with van der Waals surface area (Å²) < 4.78 is 5.39. The van der Waals surface area contributed by atoms with Crippen molar-refractivity contribution in [2.24, 2.45) is 0 Å². The number of ether oxygens (including phenoxy) is 1. The van der Waals surface area contributed by atoms with Crippen LogP contribution in [0.4, 0.5) is 0 Å². The maximum Gasteiger partial charge on any atom is 0.325 e. The third-order valence-corrected chi connectivity index (χ3v) is 3.93. The number of benzene rings is 1. The van der Waals surface area contributed by atoms with Crippen LogP contribution >= 0.6 is 0 Å². The van der Waals surface area contributed by atoms with Gasteiger partial charge in [-0.05, 0) is 44.9 Å². The van der Waals surface area contributed by atoms with Crippen LogP contribution in [0.15, 0.2) is 33.9 Å². The van der Waals surface area contributed by atoms with Gasteiger partial charge in [0, 0.05) is 17.7 Å². The zero-order valence-corrected chi connectivity index (χ0v) is 14.6. The third-order valence-electron chi connectivity index (χ3n) is 3.93. The fourth-order valence-electron chi connectivity index (χ4n) is 2.58. The molecule has 0 aliphatic heterocycles. The van der Waals surface area contributed by atoms with E-state index in [-0.39, 0.29) is 24.8 Å². The number of aromatic amines is 2. The number of nitrogens with one attached hydrogen (secondary N) is 3. The van der Waals surface area contributed by atoms with Gasteiger partial charge in [-0.2, -0.15) is 0 Å². The lowest BCUT2D eigenvalue weighted by Crippen LogP contribution is -2.30. The summed E-state index contributed by atoms with van der Waals surface area (Å²) in [5.74, 6) is 0.629. The fourth-order valence-corrected chi connectivity index (χ4v) is 2.58. The second-order valence-electron chi connectivity index (χ2n) is 5.80. The summed E-state index contributed by atoms with van der Waals surface area (Å²) in [5, 5.41) is 2.90. The molecule has 2 rings (SSSR count). The number of aromatic nitrogens is 2. The number of amides is 1. The Bertz CT molecular complexity index is 837. The second kappa shape index (κ2) is 8.32. The molecular formula is C18H23N3O4. The minimum Gasteiger partial charge on any atom is -0.494 e. The van der Waals surface area contributed by atoms with Gasteiger partial charge in [-0.15, -0.1) is 0 Å². The summed E-state index contributed by atoms with van der Waals surface area (Å²) in [7, 11) is 0. The van der Waals surface area contributed by atoms with E-state index in [1.54, 1.807) is 6.92 Å². The van der Waals surface area contributed by atoms with Gasteiger partial charge < -0.3 is 15.0 Å². The Kier molecular flexibility index (Phi) is 6.16. The molecule has 0 bridgehead atoms. The third kappa shape index (κ3) is 5.07. The lowest BCUT2D eigenvalue weighted by Gasteiger charge is -2.15. The van der Waals surface area contributed by atoms with Crippen molar-refractivity contribution in [3.63, 3.8) is 0 Å². The minimum atomic E-state index is -0.542. The van der Waals surface area contributed by atoms with Crippen molar-refractivity contribution in [3.05, 3.63) is 61.9 Å². The lowest BCUT2D eigenvalue weighted by atomic mass is 10.1. The number of aryl methyl sites for hydroxylation is 1. The van der Waals surface area contributed by atoms with Gasteiger partial charge in [0.2, 0.25) is 5.91 Å². The first-order valence-corrected chi connectivity index (χ1v) is 8.25. The van der Waals surface area contributed by atoms with Gasteiger partial charge in [-0.3, -0.25) is 14.6 Å². The zero-order valence-electron chi connectivity index (χ0n) is 14.6. The van der Waals surface area contributed by atoms with Crippen LogP contribution in [0.3, 0.4) is 0 Å². The number of hydrogen-bond acceptors (Lipinski definition) is 4. The van der Waals surface area contributed by atoms with Crippen LogP contribution in [0.25, 0.3) is 0 Å². The maximum absolute atomic E-state index is 12.1. The lowest BCUT2D eigenvalue weighted by molar-refractivity contribution is -0.121. The van der Waals surface area contributed by atoms with E-state index in [1.165, 1.54) is 0 Å². The van der Waals surface area contributed by atoms with Crippen molar-refractivity contribution in [1.29, 1.82) is 0 Å². The molecule has 25 heavy (non-hydrogen) atoms. The second-order valence-corrected chi connectivity index (χ2v) is 5.80. The highest BCUT2D eigenvalue weighted by atomic mass is 16.5. The fraction of sp³-hybridized carbons (Fsp3) is 0.389. The number of H-pyrrole nitrogens is 2. The topological polar surface area (TPSA) is 104 Å². The van der Waals surface area contributed by atoms with Crippen LogP contribution in [0.5, 0.6) is 5.75 Å². The van der Waals surface area contributed by atoms with Gasteiger partial charge in [-0.1, -0.05) is 12.1 Å². The molecule has 0 aliphatic rings. The standard InChI is InChI=1S/C18H23N3O4/c1-4-25-14-7-5-13(6-8-14)11(2)19-16(22)10-9-15-12(3)20-18(24)21-17(15)23/h5-8,11H,4,9-10H2,1-3H3,(H,19,22)(H2,20,21,23,24). The highest BCUT2D eigenvalue weighted by Gasteiger charge is 2.12. The molecule has 3 N–H and O–H groups in total. The molecule has 1 heterocycles. The van der Waals surface area contributed by atoms with Gasteiger partial charge in [0.1, 0.15) is 5.75 Å². The molecule has 134 valence electrons. The molecule has 1 aromatic heterocycles. The molecular weight excluding hydrogens is 322 g/mol. The molecule has 7 nitrogen and oxygen atoms in total. The predicted molar refractivity (Wildman–Crippen MR) is 94.9 cm³/mol. The summed E-state index contributed by atoms with van der Waals surface area (Å²) in [6.07, 6.45) is 0.428. The molecule has 2 aromatic rings. The van der Waals surface area contributed by atoms with Crippen LogP contribution < -0.4 is 21.3 Å². The number of rotatable bonds is 7. The molecule has 1 atom stereocenters. The molecule has 1 amide bonds. The van der Waals surface area contributed by atoms with E-state index in [0.717, 1.165) is 11.3 Å². The Hall–Kier alpha value is -2.83. The van der Waals surface area contributed by atoms with Crippen molar-refractivity contribution in [2.45, 2.75) is 39.7 Å². The zero-order chi connectivity index (χ0) is 18.4. The first-order chi connectivity index (χ1) is 11.9. The van der Waals surface area contributed by atoms with E-state index < -0.39 is 11.2 Å². The van der Waals surface area contributed by atoms with Crippen molar-refractivity contribution >= 4 is 5.91 Å². The van der Waals surface area contributed by atoms with Crippen LogP contribution in [-0.2, 0) is 11.2 Å². The van der Waals surface area contributed by atoms with E-state index in [9.17, 15) is 14.4 Å². The molecule has 7 heteroatoms. The van der Waals surface area contributed by atoms with Crippen molar-refractivity contribution in [1.82, 2.24) is 15.3 Å². The van der Waals surface area contributed by atoms with E-state index in [2.05, 4.69) is 15.3 Å². The van der Waals surface area contributed by atoms with E-state index in [1.807, 2.05) is 38.1 Å². The molecule has 1 unspecified atom stereocenters. The Morgan fingerprint density at radius 2 is 1.88 bits per heavy atom. The van der Waals surface area contributed by atoms with Gasteiger partial charge >= 0.3 is 5.69 Å². The summed E-state index contributed by atoms with van der Waals surface area (Å²) in [4.78, 5) is 39.8. The van der Waals surface area contributed by atoms with Crippen LogP contribution in [0.1, 0.15) is 43.1 Å². The van der Waals surface area contributed by atoms with Gasteiger partial charge in [-0.25, -0.2) is 4.79 Å². The average molecular weight is 345 g/mol. The van der Waals surface area contributed by atoms with Crippen LogP contribution in [0.2, 0.25) is 0 Å². The van der Waals surface area contributed by atoms with E-state index in [4.69, 9.17) is 4.74 Å². The van der Waals surface area contributed by atoms with Crippen molar-refractivity contribution in [2.75, 3.05) is 6.61 Å². The normalized spacial score (nSPS) is 11.8. The van der Waals surface area contributed by atoms with Gasteiger partial charge in [0.25, 0.3) is 5.56 Å². The molecule has 0 saturated carbocycles. The Morgan fingerprint density at radius 1 is 1.20 bits per heavy atom. The monoisotopic (exact) mass is 345 g/mol. The number of carbonyl (C=O) groups is 1. The van der Waals surface area contributed by atoms with Crippen molar-refractivity contribution in [3.8, 4) is 5.75 Å². The number of carbonyl (C=O) groups excluding carboxylic acids is 1. The molecule has 0 fully saturated rings. The molecule has 0 saturated heterocycles. The van der Waals surface area contributed by atoms with Crippen LogP contribution in [0, 0.1) is 6.92 Å². The average Bonchev–Trinajstić information content (AvgIpc) is 2.54. The SMILES string of the molecule is CCOc1ccc(C(C)NC(=O)CCc2c(C)[nH]c(=O)[nH]c2=O)cc1. The van der Waals surface area contributed by atoms with Crippen molar-refractivity contribution < 1.29 is 9.53 Å². The first-order valence-electron chi connectivity index (χ1n) is 8.25. The largest absolute Gasteiger partial charge is 0.494 e. The summed E-state index contributed by atoms with van der Waals surface area (Å²) in [5.41, 5.74) is 0.882. The minimum absolute atomic E-state index is 0.155. The summed E-state index contributed by atoms with van der Waals surface area (Å²) in [6, 6.07) is 7.40. The van der Waals surface area contributed by atoms with E-state index >= 15 is 0 Å². The Morgan fingerprint density at radius 3 is 2.48 bits per heavy atom. The first kappa shape index (κ1) is 18.5. The smallest absolute Gasteiger partial charge is 0.325 e. The molecule has 0 spiro atoms. The van der Waals surface area contributed by atoms with E-state index in [0.29, 0.717) is 17.9 Å². The summed E-state index contributed by atoms with van der Waals surface area (Å²) in [6.45, 7) is 6.07. The highest BCUT2D eigenvalue weighted by molar-refractivity contribution is 5.76. The molecule has 0 radical (unpaired) electrons. The number of hydrogen-bond donors (Lipinski definition) is 3.